The van der Waals surface area contributed by atoms with Gasteiger partial charge in [0.05, 0.1) is 0 Å². The molecule has 1 aromatic carbocycles. The normalized spacial score (nSPS) is 17.7. The van der Waals surface area contributed by atoms with Crippen molar-refractivity contribution in [1.29, 1.82) is 0 Å². The van der Waals surface area contributed by atoms with E-state index in [9.17, 15) is 8.78 Å². The van der Waals surface area contributed by atoms with E-state index in [0.717, 1.165) is 37.5 Å². The van der Waals surface area contributed by atoms with Gasteiger partial charge in [-0.3, -0.25) is 4.90 Å². The Morgan fingerprint density at radius 3 is 2.17 bits per heavy atom. The van der Waals surface area contributed by atoms with Crippen molar-refractivity contribution in [1.82, 2.24) is 10.2 Å². The van der Waals surface area contributed by atoms with Crippen molar-refractivity contribution in [3.05, 3.63) is 29.8 Å². The van der Waals surface area contributed by atoms with Gasteiger partial charge in [-0.05, 0) is 37.3 Å². The molecule has 1 aliphatic rings. The summed E-state index contributed by atoms with van der Waals surface area (Å²) < 4.78 is 31.9. The second-order valence-electron chi connectivity index (χ2n) is 6.71. The number of hydrogen-bond acceptors (Lipinski definition) is 3. The quantitative estimate of drug-likeness (QED) is 0.774. The molecule has 0 bridgehead atoms. The Balaban J connectivity index is 0.00000264. The van der Waals surface area contributed by atoms with Crippen LogP contribution in [0.1, 0.15) is 18.0 Å². The van der Waals surface area contributed by atoms with Gasteiger partial charge in [0.2, 0.25) is 14.7 Å². The van der Waals surface area contributed by atoms with Crippen LogP contribution in [-0.2, 0) is 0 Å². The summed E-state index contributed by atoms with van der Waals surface area (Å²) in [6, 6.07) is 7.47. The van der Waals surface area contributed by atoms with Gasteiger partial charge in [0, 0.05) is 38.6 Å². The first-order chi connectivity index (χ1) is 10.3. The monoisotopic (exact) mass is 364 g/mol. The number of benzene rings is 1. The first-order valence-corrected chi connectivity index (χ1v) is 11.3. The number of nitrogens with one attached hydrogen (secondary N) is 1. The fourth-order valence-electron chi connectivity index (χ4n) is 2.77. The van der Waals surface area contributed by atoms with Gasteiger partial charge in [-0.1, -0.05) is 12.1 Å². The van der Waals surface area contributed by atoms with Crippen molar-refractivity contribution >= 4 is 20.7 Å². The zero-order valence-corrected chi connectivity index (χ0v) is 15.8. The molecule has 0 spiro atoms. The van der Waals surface area contributed by atoms with Gasteiger partial charge in [0.1, 0.15) is 5.75 Å². The van der Waals surface area contributed by atoms with Gasteiger partial charge < -0.3 is 9.74 Å². The standard InChI is InChI=1S/C16H26F2N2OSi.ClH/c1-22(2,3)21-14-6-4-13(5-7-14)15(12-16(17)18)20-10-8-19-9-11-20;/h4-7,15-16,19H,8-12H2,1-3H3;1H/t15-;/m0./s1. The van der Waals surface area contributed by atoms with Crippen LogP contribution in [0.15, 0.2) is 24.3 Å². The first kappa shape index (κ1) is 20.4. The molecule has 0 aliphatic carbocycles. The lowest BCUT2D eigenvalue weighted by Gasteiger charge is -2.35. The summed E-state index contributed by atoms with van der Waals surface area (Å²) in [5.74, 6) is 0.832. The smallest absolute Gasteiger partial charge is 0.242 e. The topological polar surface area (TPSA) is 24.5 Å². The highest BCUT2D eigenvalue weighted by atomic mass is 35.5. The minimum atomic E-state index is -2.29. The summed E-state index contributed by atoms with van der Waals surface area (Å²) >= 11 is 0. The fraction of sp³-hybridized carbons (Fsp3) is 0.625. The molecular weight excluding hydrogens is 338 g/mol. The molecule has 132 valence electrons. The molecular formula is C16H27ClF2N2OSi. The lowest BCUT2D eigenvalue weighted by atomic mass is 10.0. The van der Waals surface area contributed by atoms with Crippen LogP contribution in [0.2, 0.25) is 19.6 Å². The van der Waals surface area contributed by atoms with E-state index in [4.69, 9.17) is 4.43 Å². The third kappa shape index (κ3) is 6.75. The van der Waals surface area contributed by atoms with Crippen LogP contribution < -0.4 is 9.74 Å². The highest BCUT2D eigenvalue weighted by molar-refractivity contribution is 6.70. The van der Waals surface area contributed by atoms with Crippen molar-refractivity contribution in [2.45, 2.75) is 38.5 Å². The predicted molar refractivity (Wildman–Crippen MR) is 95.5 cm³/mol. The highest BCUT2D eigenvalue weighted by Gasteiger charge is 2.25. The number of piperazine rings is 1. The lowest BCUT2D eigenvalue weighted by Crippen LogP contribution is -2.45. The van der Waals surface area contributed by atoms with Crippen molar-refractivity contribution in [2.24, 2.45) is 0 Å². The van der Waals surface area contributed by atoms with E-state index >= 15 is 0 Å². The maximum Gasteiger partial charge on any atom is 0.242 e. The maximum atomic E-state index is 13.0. The van der Waals surface area contributed by atoms with Gasteiger partial charge in [0.25, 0.3) is 0 Å². The first-order valence-electron chi connectivity index (χ1n) is 7.87. The van der Waals surface area contributed by atoms with Crippen LogP contribution in [0.4, 0.5) is 8.78 Å². The van der Waals surface area contributed by atoms with E-state index in [1.54, 1.807) is 0 Å². The zero-order chi connectivity index (χ0) is 16.2. The number of rotatable bonds is 6. The maximum absolute atomic E-state index is 13.0. The molecule has 3 nitrogen and oxygen atoms in total. The Kier molecular flexibility index (Phi) is 7.93. The van der Waals surface area contributed by atoms with Gasteiger partial charge in [-0.15, -0.1) is 12.4 Å². The van der Waals surface area contributed by atoms with E-state index in [-0.39, 0.29) is 24.9 Å². The van der Waals surface area contributed by atoms with Crippen LogP contribution in [0.5, 0.6) is 5.75 Å². The van der Waals surface area contributed by atoms with Crippen molar-refractivity contribution in [3.63, 3.8) is 0 Å². The minimum Gasteiger partial charge on any atom is -0.544 e. The Morgan fingerprint density at radius 2 is 1.70 bits per heavy atom. The van der Waals surface area contributed by atoms with Crippen LogP contribution in [0, 0.1) is 0 Å². The minimum absolute atomic E-state index is 0. The summed E-state index contributed by atoms with van der Waals surface area (Å²) in [6.07, 6.45) is -2.41. The number of halogens is 3. The second kappa shape index (κ2) is 8.96. The highest BCUT2D eigenvalue weighted by Crippen LogP contribution is 2.29. The molecule has 1 aliphatic heterocycles. The summed E-state index contributed by atoms with van der Waals surface area (Å²) in [5, 5.41) is 3.26. The summed E-state index contributed by atoms with van der Waals surface area (Å²) in [6.45, 7) is 9.71. The van der Waals surface area contributed by atoms with Gasteiger partial charge >= 0.3 is 0 Å². The van der Waals surface area contributed by atoms with Crippen molar-refractivity contribution in [2.75, 3.05) is 26.2 Å². The van der Waals surface area contributed by atoms with Crippen LogP contribution >= 0.6 is 12.4 Å². The molecule has 0 unspecified atom stereocenters. The molecule has 1 saturated heterocycles. The predicted octanol–water partition coefficient (Wildman–Crippen LogP) is 3.92. The van der Waals surface area contributed by atoms with Crippen molar-refractivity contribution in [3.8, 4) is 5.75 Å². The average Bonchev–Trinajstić information content (AvgIpc) is 2.45. The Morgan fingerprint density at radius 1 is 1.13 bits per heavy atom. The molecule has 7 heteroatoms. The van der Waals surface area contributed by atoms with Crippen LogP contribution in [0.25, 0.3) is 0 Å². The molecule has 1 atom stereocenters. The van der Waals surface area contributed by atoms with Crippen molar-refractivity contribution < 1.29 is 13.2 Å². The molecule has 1 aromatic rings. The SMILES string of the molecule is C[Si](C)(C)Oc1ccc([C@H](CC(F)F)N2CCNCC2)cc1.Cl. The zero-order valence-electron chi connectivity index (χ0n) is 14.0. The summed E-state index contributed by atoms with van der Waals surface area (Å²) in [4.78, 5) is 2.15. The summed E-state index contributed by atoms with van der Waals surface area (Å²) in [5.41, 5.74) is 0.949. The van der Waals surface area contributed by atoms with E-state index in [1.165, 1.54) is 0 Å². The third-order valence-corrected chi connectivity index (χ3v) is 4.53. The van der Waals surface area contributed by atoms with Gasteiger partial charge in [-0.2, -0.15) is 0 Å². The van der Waals surface area contributed by atoms with Gasteiger partial charge in [0.15, 0.2) is 0 Å². The molecule has 0 aromatic heterocycles. The molecule has 1 heterocycles. The van der Waals surface area contributed by atoms with E-state index < -0.39 is 14.7 Å². The third-order valence-electron chi connectivity index (χ3n) is 3.68. The van der Waals surface area contributed by atoms with E-state index in [2.05, 4.69) is 29.9 Å². The molecule has 0 radical (unpaired) electrons. The van der Waals surface area contributed by atoms with Gasteiger partial charge in [-0.25, -0.2) is 8.78 Å². The average molecular weight is 365 g/mol. The number of hydrogen-bond donors (Lipinski definition) is 1. The number of alkyl halides is 2. The Hall–Kier alpha value is -0.693. The Labute approximate surface area is 144 Å². The van der Waals surface area contributed by atoms with Crippen LogP contribution in [-0.4, -0.2) is 45.8 Å². The lowest BCUT2D eigenvalue weighted by molar-refractivity contribution is 0.0739. The second-order valence-corrected chi connectivity index (χ2v) is 11.1. The largest absolute Gasteiger partial charge is 0.544 e. The molecule has 23 heavy (non-hydrogen) atoms. The number of nitrogens with zero attached hydrogens (tertiary/aromatic N) is 1. The summed E-state index contributed by atoms with van der Waals surface area (Å²) in [7, 11) is -1.64. The van der Waals surface area contributed by atoms with Crippen LogP contribution in [0.3, 0.4) is 0 Å². The molecule has 1 fully saturated rings. The Bertz CT molecular complexity index is 462. The molecule has 0 amide bonds. The molecule has 0 saturated carbocycles. The van der Waals surface area contributed by atoms with E-state index in [1.807, 2.05) is 24.3 Å². The molecule has 2 rings (SSSR count). The molecule has 1 N–H and O–H groups in total. The van der Waals surface area contributed by atoms with E-state index in [0.29, 0.717) is 0 Å². The fourth-order valence-corrected chi connectivity index (χ4v) is 3.61.